The van der Waals surface area contributed by atoms with Gasteiger partial charge in [-0.1, -0.05) is 0 Å². The highest BCUT2D eigenvalue weighted by molar-refractivity contribution is 5.79. The summed E-state index contributed by atoms with van der Waals surface area (Å²) in [6.45, 7) is 6.67. The molecule has 1 N–H and O–H groups in total. The van der Waals surface area contributed by atoms with Crippen LogP contribution in [0, 0.1) is 0 Å². The molecule has 0 aromatic carbocycles. The van der Waals surface area contributed by atoms with Gasteiger partial charge in [0.25, 0.3) is 0 Å². The minimum absolute atomic E-state index is 0.227. The van der Waals surface area contributed by atoms with Crippen LogP contribution < -0.4 is 5.32 Å². The van der Waals surface area contributed by atoms with E-state index in [-0.39, 0.29) is 5.91 Å². The summed E-state index contributed by atoms with van der Waals surface area (Å²) in [5, 5.41) is 3.13. The predicted octanol–water partition coefficient (Wildman–Crippen LogP) is -0.243. The van der Waals surface area contributed by atoms with Gasteiger partial charge in [-0.05, 0) is 20.9 Å². The molecule has 0 aromatic heterocycles. The van der Waals surface area contributed by atoms with Crippen LogP contribution in [0.1, 0.15) is 13.8 Å². The fourth-order valence-electron chi connectivity index (χ4n) is 1.78. The van der Waals surface area contributed by atoms with Crippen molar-refractivity contribution in [2.45, 2.75) is 25.9 Å². The minimum Gasteiger partial charge on any atom is -0.339 e. The Morgan fingerprint density at radius 2 is 2.21 bits per heavy atom. The molecule has 1 aliphatic rings. The molecule has 1 saturated heterocycles. The van der Waals surface area contributed by atoms with Crippen molar-refractivity contribution < 1.29 is 4.79 Å². The Morgan fingerprint density at radius 3 is 2.71 bits per heavy atom. The minimum atomic E-state index is 0.227. The maximum Gasteiger partial charge on any atom is 0.236 e. The van der Waals surface area contributed by atoms with Crippen LogP contribution >= 0.6 is 0 Å². The zero-order valence-electron chi connectivity index (χ0n) is 9.58. The summed E-state index contributed by atoms with van der Waals surface area (Å²) in [4.78, 5) is 15.7. The van der Waals surface area contributed by atoms with E-state index in [1.165, 1.54) is 0 Å². The van der Waals surface area contributed by atoms with E-state index in [2.05, 4.69) is 24.1 Å². The third-order valence-corrected chi connectivity index (χ3v) is 2.89. The quantitative estimate of drug-likeness (QED) is 0.681. The van der Waals surface area contributed by atoms with Gasteiger partial charge < -0.3 is 10.2 Å². The van der Waals surface area contributed by atoms with Crippen LogP contribution in [0.15, 0.2) is 0 Å². The first-order valence-electron chi connectivity index (χ1n) is 5.20. The number of rotatable bonds is 3. The third-order valence-electron chi connectivity index (χ3n) is 2.89. The molecule has 1 fully saturated rings. The number of likely N-dealkylation sites (N-methyl/N-ethyl adjacent to an activating group) is 2. The van der Waals surface area contributed by atoms with E-state index in [4.69, 9.17) is 0 Å². The Balaban J connectivity index is 2.61. The molecule has 0 bridgehead atoms. The topological polar surface area (TPSA) is 35.6 Å². The van der Waals surface area contributed by atoms with Crippen LogP contribution in [0.2, 0.25) is 0 Å². The summed E-state index contributed by atoms with van der Waals surface area (Å²) in [6, 6.07) is 0.760. The molecular formula is C10H21N3O. The first-order chi connectivity index (χ1) is 6.56. The van der Waals surface area contributed by atoms with Crippen LogP contribution in [-0.4, -0.2) is 61.5 Å². The molecule has 1 unspecified atom stereocenters. The van der Waals surface area contributed by atoms with Gasteiger partial charge in [-0.2, -0.15) is 0 Å². The average Bonchev–Trinajstić information content (AvgIpc) is 2.12. The van der Waals surface area contributed by atoms with Gasteiger partial charge in [0.15, 0.2) is 0 Å². The average molecular weight is 199 g/mol. The number of nitrogens with one attached hydrogen (secondary N) is 1. The number of hydrogen-bond acceptors (Lipinski definition) is 3. The van der Waals surface area contributed by atoms with Crippen molar-refractivity contribution in [1.29, 1.82) is 0 Å². The molecule has 1 amide bonds. The lowest BCUT2D eigenvalue weighted by molar-refractivity contribution is -0.138. The third kappa shape index (κ3) is 2.45. The Morgan fingerprint density at radius 1 is 1.57 bits per heavy atom. The molecule has 14 heavy (non-hydrogen) atoms. The molecule has 1 aliphatic heterocycles. The maximum absolute atomic E-state index is 11.7. The lowest BCUT2D eigenvalue weighted by Gasteiger charge is -2.40. The zero-order chi connectivity index (χ0) is 10.7. The van der Waals surface area contributed by atoms with E-state index in [1.54, 1.807) is 0 Å². The molecule has 1 heterocycles. The van der Waals surface area contributed by atoms with Crippen molar-refractivity contribution in [3.05, 3.63) is 0 Å². The van der Waals surface area contributed by atoms with Gasteiger partial charge in [-0.15, -0.1) is 0 Å². The van der Waals surface area contributed by atoms with Gasteiger partial charge >= 0.3 is 0 Å². The second-order valence-electron chi connectivity index (χ2n) is 4.24. The normalized spacial score (nSPS) is 24.8. The fraction of sp³-hybridized carbons (Fsp3) is 0.900. The highest BCUT2D eigenvalue weighted by atomic mass is 16.2. The molecule has 0 spiro atoms. The molecule has 82 valence electrons. The Hall–Kier alpha value is -0.610. The standard InChI is InChI=1S/C10H21N3O/c1-8(2)13-6-9(5-11-3)12(4)10(14)7-13/h8-9,11H,5-7H2,1-4H3. The summed E-state index contributed by atoms with van der Waals surface area (Å²) in [6.07, 6.45) is 0. The van der Waals surface area contributed by atoms with E-state index < -0.39 is 0 Å². The molecule has 0 aromatic rings. The van der Waals surface area contributed by atoms with Gasteiger partial charge in [0.2, 0.25) is 5.91 Å². The van der Waals surface area contributed by atoms with Crippen molar-refractivity contribution in [3.63, 3.8) is 0 Å². The number of hydrogen-bond donors (Lipinski definition) is 1. The van der Waals surface area contributed by atoms with Crippen LogP contribution in [0.4, 0.5) is 0 Å². The molecule has 1 atom stereocenters. The summed E-state index contributed by atoms with van der Waals surface area (Å²) < 4.78 is 0. The van der Waals surface area contributed by atoms with E-state index in [0.29, 0.717) is 18.6 Å². The number of carbonyl (C=O) groups is 1. The van der Waals surface area contributed by atoms with Gasteiger partial charge in [-0.25, -0.2) is 0 Å². The SMILES string of the molecule is CNCC1CN(C(C)C)CC(=O)N1C. The number of nitrogens with zero attached hydrogens (tertiary/aromatic N) is 2. The molecule has 4 nitrogen and oxygen atoms in total. The molecule has 1 rings (SSSR count). The molecule has 0 aliphatic carbocycles. The summed E-state index contributed by atoms with van der Waals surface area (Å²) >= 11 is 0. The summed E-state index contributed by atoms with van der Waals surface area (Å²) in [5.41, 5.74) is 0. The predicted molar refractivity (Wildman–Crippen MR) is 57.2 cm³/mol. The Labute approximate surface area is 86.2 Å². The van der Waals surface area contributed by atoms with Crippen molar-refractivity contribution in [2.75, 3.05) is 33.7 Å². The summed E-state index contributed by atoms with van der Waals surface area (Å²) in [5.74, 6) is 0.227. The second kappa shape index (κ2) is 4.75. The Bertz CT molecular complexity index is 206. The van der Waals surface area contributed by atoms with E-state index >= 15 is 0 Å². The van der Waals surface area contributed by atoms with Crippen molar-refractivity contribution in [2.24, 2.45) is 0 Å². The molecule has 0 saturated carbocycles. The first-order valence-corrected chi connectivity index (χ1v) is 5.20. The highest BCUT2D eigenvalue weighted by Crippen LogP contribution is 2.11. The van der Waals surface area contributed by atoms with Gasteiger partial charge in [0.1, 0.15) is 0 Å². The fourth-order valence-corrected chi connectivity index (χ4v) is 1.78. The summed E-state index contributed by atoms with van der Waals surface area (Å²) in [7, 11) is 3.81. The number of amides is 1. The lowest BCUT2D eigenvalue weighted by Crippen LogP contribution is -2.58. The van der Waals surface area contributed by atoms with Gasteiger partial charge in [0.05, 0.1) is 12.6 Å². The monoisotopic (exact) mass is 199 g/mol. The smallest absolute Gasteiger partial charge is 0.236 e. The van der Waals surface area contributed by atoms with E-state index in [0.717, 1.165) is 13.1 Å². The number of carbonyl (C=O) groups excluding carboxylic acids is 1. The molecule has 4 heteroatoms. The second-order valence-corrected chi connectivity index (χ2v) is 4.24. The van der Waals surface area contributed by atoms with E-state index in [9.17, 15) is 4.79 Å². The van der Waals surface area contributed by atoms with Crippen LogP contribution in [0.3, 0.4) is 0 Å². The Kier molecular flexibility index (Phi) is 3.89. The molecular weight excluding hydrogens is 178 g/mol. The largest absolute Gasteiger partial charge is 0.339 e. The zero-order valence-corrected chi connectivity index (χ0v) is 9.58. The lowest BCUT2D eigenvalue weighted by atomic mass is 10.1. The van der Waals surface area contributed by atoms with Crippen molar-refractivity contribution in [1.82, 2.24) is 15.1 Å². The highest BCUT2D eigenvalue weighted by Gasteiger charge is 2.30. The van der Waals surface area contributed by atoms with Gasteiger partial charge in [-0.3, -0.25) is 9.69 Å². The maximum atomic E-state index is 11.7. The number of piperazine rings is 1. The first kappa shape index (κ1) is 11.5. The van der Waals surface area contributed by atoms with E-state index in [1.807, 2.05) is 19.0 Å². The van der Waals surface area contributed by atoms with Gasteiger partial charge in [0, 0.05) is 26.2 Å². The van der Waals surface area contributed by atoms with Crippen molar-refractivity contribution in [3.8, 4) is 0 Å². The van der Waals surface area contributed by atoms with Crippen LogP contribution in [0.5, 0.6) is 0 Å². The van der Waals surface area contributed by atoms with Crippen LogP contribution in [-0.2, 0) is 4.79 Å². The van der Waals surface area contributed by atoms with Crippen molar-refractivity contribution >= 4 is 5.91 Å². The van der Waals surface area contributed by atoms with Crippen LogP contribution in [0.25, 0.3) is 0 Å². The molecule has 0 radical (unpaired) electrons.